The van der Waals surface area contributed by atoms with E-state index in [2.05, 4.69) is 33.4 Å². The number of hydrogen-bond donors (Lipinski definition) is 3. The normalized spacial score (nSPS) is 20.0. The number of nitrogens with one attached hydrogen (secondary N) is 2. The summed E-state index contributed by atoms with van der Waals surface area (Å²) in [6.07, 6.45) is 1.84. The van der Waals surface area contributed by atoms with Crippen LogP contribution >= 0.6 is 11.6 Å². The van der Waals surface area contributed by atoms with E-state index in [0.717, 1.165) is 70.8 Å². The van der Waals surface area contributed by atoms with Crippen LogP contribution in [0.5, 0.6) is 5.75 Å². The van der Waals surface area contributed by atoms with Gasteiger partial charge in [-0.1, -0.05) is 17.7 Å². The first-order valence-electron chi connectivity index (χ1n) is 9.25. The number of hydrogen-bond acceptors (Lipinski definition) is 5. The Morgan fingerprint density at radius 2 is 2.26 bits per heavy atom. The highest BCUT2D eigenvalue weighted by atomic mass is 35.5. The number of H-pyrrole nitrogens is 1. The molecule has 1 aromatic heterocycles. The first kappa shape index (κ1) is 16.9. The Morgan fingerprint density at radius 3 is 3.15 bits per heavy atom. The van der Waals surface area contributed by atoms with Gasteiger partial charge in [-0.2, -0.15) is 5.10 Å². The third-order valence-corrected chi connectivity index (χ3v) is 6.09. The van der Waals surface area contributed by atoms with Crippen molar-refractivity contribution >= 4 is 28.2 Å². The van der Waals surface area contributed by atoms with E-state index in [9.17, 15) is 0 Å². The van der Waals surface area contributed by atoms with Crippen molar-refractivity contribution < 1.29 is 4.74 Å². The van der Waals surface area contributed by atoms with Crippen LogP contribution in [0.1, 0.15) is 11.1 Å². The number of halogens is 1. The lowest BCUT2D eigenvalue weighted by Gasteiger charge is -2.33. The second-order valence-electron chi connectivity index (χ2n) is 7.36. The van der Waals surface area contributed by atoms with Crippen molar-refractivity contribution in [2.75, 3.05) is 32.0 Å². The largest absolute Gasteiger partial charge is 0.490 e. The Bertz CT molecular complexity index is 1030. The summed E-state index contributed by atoms with van der Waals surface area (Å²) in [5.41, 5.74) is 12.3. The molecule has 5 rings (SSSR count). The predicted octanol–water partition coefficient (Wildman–Crippen LogP) is 2.94. The Labute approximate surface area is 162 Å². The average Bonchev–Trinajstić information content (AvgIpc) is 3.04. The van der Waals surface area contributed by atoms with E-state index in [-0.39, 0.29) is 0 Å². The lowest BCUT2D eigenvalue weighted by molar-refractivity contribution is 0.120. The van der Waals surface area contributed by atoms with Crippen LogP contribution in [0.15, 0.2) is 24.4 Å². The number of anilines is 1. The molecule has 1 atom stereocenters. The van der Waals surface area contributed by atoms with Crippen molar-refractivity contribution in [3.05, 3.63) is 40.5 Å². The van der Waals surface area contributed by atoms with Crippen molar-refractivity contribution in [1.29, 1.82) is 0 Å². The van der Waals surface area contributed by atoms with Gasteiger partial charge in [0.1, 0.15) is 12.4 Å². The zero-order valence-corrected chi connectivity index (χ0v) is 15.9. The van der Waals surface area contributed by atoms with Crippen LogP contribution in [-0.2, 0) is 6.54 Å². The van der Waals surface area contributed by atoms with Crippen molar-refractivity contribution in [2.45, 2.75) is 19.5 Å². The van der Waals surface area contributed by atoms with Gasteiger partial charge in [-0.25, -0.2) is 0 Å². The van der Waals surface area contributed by atoms with Gasteiger partial charge < -0.3 is 15.8 Å². The molecular formula is C20H22ClN5O. The van der Waals surface area contributed by atoms with Crippen LogP contribution in [0.2, 0.25) is 5.02 Å². The van der Waals surface area contributed by atoms with Crippen molar-refractivity contribution in [3.63, 3.8) is 0 Å². The molecule has 0 bridgehead atoms. The maximum absolute atomic E-state index is 6.90. The number of piperazine rings is 1. The molecule has 140 valence electrons. The highest BCUT2D eigenvalue weighted by Gasteiger charge is 2.30. The van der Waals surface area contributed by atoms with Gasteiger partial charge in [0, 0.05) is 48.4 Å². The van der Waals surface area contributed by atoms with Crippen LogP contribution in [0.4, 0.5) is 5.69 Å². The standard InChI is InChI=1S/C20H22ClN5O/c1-11-2-3-17-14(8-24-25-17)18(11)13-6-16(22)15-9-26-5-4-23-7-12(26)10-27-20(15)19(13)21/h2-3,6,8,12,23H,4-5,7,9-10,22H2,1H3,(H,24,25). The van der Waals surface area contributed by atoms with E-state index in [0.29, 0.717) is 17.7 Å². The first-order valence-corrected chi connectivity index (χ1v) is 9.62. The molecular weight excluding hydrogens is 362 g/mol. The summed E-state index contributed by atoms with van der Waals surface area (Å²) in [4.78, 5) is 2.43. The second-order valence-corrected chi connectivity index (χ2v) is 7.74. The van der Waals surface area contributed by atoms with E-state index in [4.69, 9.17) is 22.1 Å². The Morgan fingerprint density at radius 1 is 1.37 bits per heavy atom. The summed E-state index contributed by atoms with van der Waals surface area (Å²) in [7, 11) is 0. The maximum atomic E-state index is 6.90. The number of fused-ring (bicyclic) bond motifs is 3. The van der Waals surface area contributed by atoms with Crippen molar-refractivity contribution in [1.82, 2.24) is 20.4 Å². The lowest BCUT2D eigenvalue weighted by Crippen LogP contribution is -2.52. The summed E-state index contributed by atoms with van der Waals surface area (Å²) in [6, 6.07) is 6.43. The van der Waals surface area contributed by atoms with Crippen molar-refractivity contribution in [3.8, 4) is 16.9 Å². The first-order chi connectivity index (χ1) is 13.1. The number of nitrogens with two attached hydrogens (primary N) is 1. The van der Waals surface area contributed by atoms with E-state index in [1.807, 2.05) is 18.3 Å². The molecule has 6 nitrogen and oxygen atoms in total. The van der Waals surface area contributed by atoms with Crippen LogP contribution in [0, 0.1) is 6.92 Å². The van der Waals surface area contributed by atoms with Gasteiger partial charge in [0.25, 0.3) is 0 Å². The van der Waals surface area contributed by atoms with Crippen LogP contribution in [0.3, 0.4) is 0 Å². The SMILES string of the molecule is Cc1ccc2[nH]ncc2c1-c1cc(N)c2c(c1Cl)OCC1CNCCN1C2. The number of aromatic amines is 1. The molecule has 2 aromatic carbocycles. The molecule has 7 heteroatoms. The molecule has 27 heavy (non-hydrogen) atoms. The maximum Gasteiger partial charge on any atom is 0.145 e. The Balaban J connectivity index is 1.68. The minimum absolute atomic E-state index is 0.337. The summed E-state index contributed by atoms with van der Waals surface area (Å²) >= 11 is 6.90. The Hall–Kier alpha value is -2.28. The number of aryl methyl sites for hydroxylation is 1. The van der Waals surface area contributed by atoms with Gasteiger partial charge in [-0.05, 0) is 30.2 Å². The second kappa shape index (κ2) is 6.41. The third-order valence-electron chi connectivity index (χ3n) is 5.71. The topological polar surface area (TPSA) is 79.2 Å². The fourth-order valence-electron chi connectivity index (χ4n) is 4.23. The highest BCUT2D eigenvalue weighted by molar-refractivity contribution is 6.35. The van der Waals surface area contributed by atoms with Crippen LogP contribution in [-0.4, -0.2) is 47.4 Å². The molecule has 1 fully saturated rings. The van der Waals surface area contributed by atoms with E-state index in [1.165, 1.54) is 0 Å². The molecule has 3 aromatic rings. The zero-order chi connectivity index (χ0) is 18.5. The quantitative estimate of drug-likeness (QED) is 0.563. The lowest BCUT2D eigenvalue weighted by atomic mass is 9.94. The molecule has 3 heterocycles. The summed E-state index contributed by atoms with van der Waals surface area (Å²) in [5.74, 6) is 0.723. The molecule has 0 radical (unpaired) electrons. The monoisotopic (exact) mass is 383 g/mol. The fraction of sp³-hybridized carbons (Fsp3) is 0.350. The van der Waals surface area contributed by atoms with E-state index >= 15 is 0 Å². The minimum Gasteiger partial charge on any atom is -0.490 e. The van der Waals surface area contributed by atoms with Gasteiger partial charge in [0.2, 0.25) is 0 Å². The molecule has 0 spiro atoms. The van der Waals surface area contributed by atoms with Gasteiger partial charge in [-0.15, -0.1) is 0 Å². The van der Waals surface area contributed by atoms with E-state index < -0.39 is 0 Å². The molecule has 0 saturated carbocycles. The average molecular weight is 384 g/mol. The molecule has 0 amide bonds. The van der Waals surface area contributed by atoms with Crippen LogP contribution < -0.4 is 15.8 Å². The van der Waals surface area contributed by atoms with Gasteiger partial charge in [0.05, 0.1) is 22.8 Å². The minimum atomic E-state index is 0.337. The summed E-state index contributed by atoms with van der Waals surface area (Å²) in [5, 5.41) is 12.3. The Kier molecular flexibility index (Phi) is 4.00. The van der Waals surface area contributed by atoms with Gasteiger partial charge >= 0.3 is 0 Å². The molecule has 0 aliphatic carbocycles. The number of rotatable bonds is 1. The molecule has 2 aliphatic heterocycles. The number of aromatic nitrogens is 2. The zero-order valence-electron chi connectivity index (χ0n) is 15.2. The fourth-order valence-corrected chi connectivity index (χ4v) is 4.55. The third kappa shape index (κ3) is 2.67. The highest BCUT2D eigenvalue weighted by Crippen LogP contribution is 2.45. The predicted molar refractivity (Wildman–Crippen MR) is 108 cm³/mol. The summed E-state index contributed by atoms with van der Waals surface area (Å²) < 4.78 is 6.21. The number of nitrogens with zero attached hydrogens (tertiary/aromatic N) is 2. The molecule has 1 unspecified atom stereocenters. The van der Waals surface area contributed by atoms with Gasteiger partial charge in [-0.3, -0.25) is 10.00 Å². The number of nitrogen functional groups attached to an aromatic ring is 1. The van der Waals surface area contributed by atoms with Gasteiger partial charge in [0.15, 0.2) is 0 Å². The molecule has 2 aliphatic rings. The smallest absolute Gasteiger partial charge is 0.145 e. The number of ether oxygens (including phenoxy) is 1. The van der Waals surface area contributed by atoms with E-state index in [1.54, 1.807) is 0 Å². The van der Waals surface area contributed by atoms with Crippen LogP contribution in [0.25, 0.3) is 22.0 Å². The van der Waals surface area contributed by atoms with Crippen molar-refractivity contribution in [2.24, 2.45) is 0 Å². The molecule has 4 N–H and O–H groups in total. The summed E-state index contributed by atoms with van der Waals surface area (Å²) in [6.45, 7) is 6.34. The molecule has 1 saturated heterocycles. The number of benzene rings is 2.